The Labute approximate surface area is 104 Å². The van der Waals surface area contributed by atoms with E-state index >= 15 is 0 Å². The molecular formula is C11H8BrNO2S. The average Bonchev–Trinajstić information content (AvgIpc) is 2.68. The van der Waals surface area contributed by atoms with E-state index in [1.807, 2.05) is 11.4 Å². The largest absolute Gasteiger partial charge is 0.346 e. The summed E-state index contributed by atoms with van der Waals surface area (Å²) in [5, 5.41) is 1.86. The first-order chi connectivity index (χ1) is 7.66. The Morgan fingerprint density at radius 2 is 2.00 bits per heavy atom. The summed E-state index contributed by atoms with van der Waals surface area (Å²) in [6.45, 7) is 0.249. The van der Waals surface area contributed by atoms with Crippen molar-refractivity contribution in [1.29, 1.82) is 0 Å². The summed E-state index contributed by atoms with van der Waals surface area (Å²) in [4.78, 5) is 23.5. The van der Waals surface area contributed by atoms with Crippen molar-refractivity contribution in [3.05, 3.63) is 55.5 Å². The van der Waals surface area contributed by atoms with Gasteiger partial charge < -0.3 is 4.57 Å². The third-order valence-electron chi connectivity index (χ3n) is 2.06. The highest BCUT2D eigenvalue weighted by Crippen LogP contribution is 2.23. The normalized spacial score (nSPS) is 10.3. The molecule has 2 heterocycles. The molecule has 3 nitrogen and oxygen atoms in total. The standard InChI is InChI=1S/C11H8BrNO2S/c12-9-3-6-16-11(9)10(15)7-13-4-1-8(14)2-5-13/h1-6H,7H2. The van der Waals surface area contributed by atoms with E-state index in [4.69, 9.17) is 0 Å². The first kappa shape index (κ1) is 11.3. The van der Waals surface area contributed by atoms with E-state index in [1.165, 1.54) is 23.5 Å². The first-order valence-corrected chi connectivity index (χ1v) is 6.26. The minimum absolute atomic E-state index is 0.0329. The van der Waals surface area contributed by atoms with Crippen molar-refractivity contribution in [3.63, 3.8) is 0 Å². The van der Waals surface area contributed by atoms with Crippen LogP contribution in [0.25, 0.3) is 0 Å². The Balaban J connectivity index is 2.17. The van der Waals surface area contributed by atoms with E-state index in [-0.39, 0.29) is 17.8 Å². The lowest BCUT2D eigenvalue weighted by Gasteiger charge is -2.03. The van der Waals surface area contributed by atoms with E-state index in [0.29, 0.717) is 4.88 Å². The Hall–Kier alpha value is -1.20. The Morgan fingerprint density at radius 1 is 1.31 bits per heavy atom. The van der Waals surface area contributed by atoms with Gasteiger partial charge in [0.15, 0.2) is 11.2 Å². The van der Waals surface area contributed by atoms with Crippen LogP contribution in [0.4, 0.5) is 0 Å². The van der Waals surface area contributed by atoms with Crippen LogP contribution in [0.3, 0.4) is 0 Å². The molecule has 0 aliphatic rings. The van der Waals surface area contributed by atoms with Gasteiger partial charge in [0.1, 0.15) is 0 Å². The van der Waals surface area contributed by atoms with Crippen molar-refractivity contribution in [2.45, 2.75) is 6.54 Å². The summed E-state index contributed by atoms with van der Waals surface area (Å²) in [5.74, 6) is 0.0329. The number of hydrogen-bond donors (Lipinski definition) is 0. The summed E-state index contributed by atoms with van der Waals surface area (Å²) >= 11 is 4.73. The molecule has 0 aliphatic carbocycles. The van der Waals surface area contributed by atoms with Gasteiger partial charge in [0.2, 0.25) is 0 Å². The number of thiophene rings is 1. The number of Topliss-reactive ketones (excluding diaryl/α,β-unsaturated/α-hetero) is 1. The number of rotatable bonds is 3. The predicted molar refractivity (Wildman–Crippen MR) is 67.1 cm³/mol. The van der Waals surface area contributed by atoms with Crippen LogP contribution in [0.2, 0.25) is 0 Å². The van der Waals surface area contributed by atoms with E-state index < -0.39 is 0 Å². The van der Waals surface area contributed by atoms with Crippen LogP contribution in [0, 0.1) is 0 Å². The summed E-state index contributed by atoms with van der Waals surface area (Å²) < 4.78 is 2.51. The van der Waals surface area contributed by atoms with Crippen molar-refractivity contribution < 1.29 is 4.79 Å². The topological polar surface area (TPSA) is 39.1 Å². The molecule has 82 valence electrons. The van der Waals surface area contributed by atoms with Crippen molar-refractivity contribution in [3.8, 4) is 0 Å². The molecule has 5 heteroatoms. The predicted octanol–water partition coefficient (Wildman–Crippen LogP) is 2.56. The Morgan fingerprint density at radius 3 is 2.56 bits per heavy atom. The molecule has 0 atom stereocenters. The second kappa shape index (κ2) is 4.76. The van der Waals surface area contributed by atoms with Crippen LogP contribution in [0.5, 0.6) is 0 Å². The third kappa shape index (κ3) is 2.48. The maximum absolute atomic E-state index is 11.9. The summed E-state index contributed by atoms with van der Waals surface area (Å²) in [7, 11) is 0. The van der Waals surface area contributed by atoms with Crippen LogP contribution in [-0.4, -0.2) is 10.4 Å². The van der Waals surface area contributed by atoms with Gasteiger partial charge in [0.25, 0.3) is 0 Å². The maximum Gasteiger partial charge on any atom is 0.193 e. The fourth-order valence-electron chi connectivity index (χ4n) is 1.28. The molecule has 2 aromatic rings. The molecule has 0 bridgehead atoms. The fraction of sp³-hybridized carbons (Fsp3) is 0.0909. The quantitative estimate of drug-likeness (QED) is 0.817. The Kier molecular flexibility index (Phi) is 3.36. The molecule has 0 aliphatic heterocycles. The molecule has 2 rings (SSSR count). The number of hydrogen-bond acceptors (Lipinski definition) is 3. The summed E-state index contributed by atoms with van der Waals surface area (Å²) in [6, 6.07) is 4.73. The monoisotopic (exact) mass is 297 g/mol. The van der Waals surface area contributed by atoms with Gasteiger partial charge in [0, 0.05) is 29.0 Å². The van der Waals surface area contributed by atoms with Crippen molar-refractivity contribution >= 4 is 33.0 Å². The van der Waals surface area contributed by atoms with Gasteiger partial charge in [0.05, 0.1) is 11.4 Å². The zero-order chi connectivity index (χ0) is 11.5. The molecule has 0 unspecified atom stereocenters. The van der Waals surface area contributed by atoms with Crippen molar-refractivity contribution in [2.75, 3.05) is 0 Å². The molecule has 0 saturated heterocycles. The lowest BCUT2D eigenvalue weighted by molar-refractivity contribution is 0.0975. The minimum Gasteiger partial charge on any atom is -0.346 e. The van der Waals surface area contributed by atoms with Crippen LogP contribution < -0.4 is 5.43 Å². The molecule has 0 N–H and O–H groups in total. The number of carbonyl (C=O) groups is 1. The van der Waals surface area contributed by atoms with Gasteiger partial charge in [-0.05, 0) is 27.4 Å². The molecule has 0 spiro atoms. The second-order valence-corrected chi connectivity index (χ2v) is 5.00. The Bertz CT molecular complexity index is 553. The highest BCUT2D eigenvalue weighted by atomic mass is 79.9. The number of carbonyl (C=O) groups excluding carboxylic acids is 1. The fourth-order valence-corrected chi connectivity index (χ4v) is 2.80. The van der Waals surface area contributed by atoms with Gasteiger partial charge in [-0.15, -0.1) is 11.3 Å². The van der Waals surface area contributed by atoms with Gasteiger partial charge in [-0.25, -0.2) is 0 Å². The zero-order valence-corrected chi connectivity index (χ0v) is 10.6. The van der Waals surface area contributed by atoms with Crippen LogP contribution in [0.15, 0.2) is 45.2 Å². The average molecular weight is 298 g/mol. The molecule has 0 fully saturated rings. The SMILES string of the molecule is O=C(Cn1ccc(=O)cc1)c1sccc1Br. The molecule has 0 amide bonds. The molecule has 2 aromatic heterocycles. The number of nitrogens with zero attached hydrogens (tertiary/aromatic N) is 1. The van der Waals surface area contributed by atoms with Crippen LogP contribution >= 0.6 is 27.3 Å². The molecule has 16 heavy (non-hydrogen) atoms. The molecule has 0 radical (unpaired) electrons. The number of halogens is 1. The smallest absolute Gasteiger partial charge is 0.193 e. The van der Waals surface area contributed by atoms with E-state index in [2.05, 4.69) is 15.9 Å². The zero-order valence-electron chi connectivity index (χ0n) is 8.22. The van der Waals surface area contributed by atoms with Gasteiger partial charge in [-0.1, -0.05) is 0 Å². The summed E-state index contributed by atoms with van der Waals surface area (Å²) in [5.41, 5.74) is -0.0546. The first-order valence-electron chi connectivity index (χ1n) is 4.59. The van der Waals surface area contributed by atoms with Gasteiger partial charge in [-0.3, -0.25) is 9.59 Å². The van der Waals surface area contributed by atoms with Gasteiger partial charge >= 0.3 is 0 Å². The molecule has 0 aromatic carbocycles. The minimum atomic E-state index is -0.0546. The summed E-state index contributed by atoms with van der Waals surface area (Å²) in [6.07, 6.45) is 3.23. The van der Waals surface area contributed by atoms with E-state index in [0.717, 1.165) is 4.47 Å². The molecule has 0 saturated carbocycles. The lowest BCUT2D eigenvalue weighted by Crippen LogP contribution is -2.11. The van der Waals surface area contributed by atoms with E-state index in [9.17, 15) is 9.59 Å². The lowest BCUT2D eigenvalue weighted by atomic mass is 10.3. The number of aromatic nitrogens is 1. The maximum atomic E-state index is 11.9. The number of ketones is 1. The third-order valence-corrected chi connectivity index (χ3v) is 3.94. The van der Waals surface area contributed by atoms with Crippen molar-refractivity contribution in [1.82, 2.24) is 4.57 Å². The van der Waals surface area contributed by atoms with Gasteiger partial charge in [-0.2, -0.15) is 0 Å². The molecular weight excluding hydrogens is 290 g/mol. The van der Waals surface area contributed by atoms with Crippen molar-refractivity contribution in [2.24, 2.45) is 0 Å². The van der Waals surface area contributed by atoms with E-state index in [1.54, 1.807) is 17.0 Å². The highest BCUT2D eigenvalue weighted by Gasteiger charge is 2.11. The van der Waals surface area contributed by atoms with Crippen LogP contribution in [-0.2, 0) is 6.54 Å². The van der Waals surface area contributed by atoms with Crippen LogP contribution in [0.1, 0.15) is 9.67 Å². The second-order valence-electron chi connectivity index (χ2n) is 3.23. The highest BCUT2D eigenvalue weighted by molar-refractivity contribution is 9.10. The number of pyridine rings is 1.